The lowest BCUT2D eigenvalue weighted by Gasteiger charge is -2.32. The first-order valence-corrected chi connectivity index (χ1v) is 10.4. The van der Waals surface area contributed by atoms with Gasteiger partial charge >= 0.3 is 0 Å². The molecule has 3 aromatic rings. The molecule has 3 aromatic heterocycles. The Bertz CT molecular complexity index is 1010. The van der Waals surface area contributed by atoms with Gasteiger partial charge in [0.15, 0.2) is 5.65 Å². The number of hydrogen-bond donors (Lipinski definition) is 2. The van der Waals surface area contributed by atoms with Crippen LogP contribution in [0.1, 0.15) is 26.7 Å². The smallest absolute Gasteiger partial charge is 0.234 e. The average Bonchev–Trinajstić information content (AvgIpc) is 3.27. The maximum absolute atomic E-state index is 12.1. The second-order valence-electron chi connectivity index (χ2n) is 8.29. The number of aromatic nitrogens is 6. The quantitative estimate of drug-likeness (QED) is 0.607. The molecule has 10 nitrogen and oxygen atoms in total. The Hall–Kier alpha value is -3.01. The highest BCUT2D eigenvalue weighted by Crippen LogP contribution is 2.21. The van der Waals surface area contributed by atoms with E-state index in [1.807, 2.05) is 31.8 Å². The van der Waals surface area contributed by atoms with Gasteiger partial charge in [0.1, 0.15) is 0 Å². The van der Waals surface area contributed by atoms with Crippen molar-refractivity contribution in [3.63, 3.8) is 0 Å². The van der Waals surface area contributed by atoms with Crippen LogP contribution in [0.2, 0.25) is 0 Å². The Kier molecular flexibility index (Phi) is 5.93. The van der Waals surface area contributed by atoms with Crippen LogP contribution in [0.15, 0.2) is 24.8 Å². The van der Waals surface area contributed by atoms with Crippen LogP contribution < -0.4 is 10.6 Å². The average molecular weight is 412 g/mol. The summed E-state index contributed by atoms with van der Waals surface area (Å²) < 4.78 is 3.68. The van der Waals surface area contributed by atoms with Gasteiger partial charge in [-0.15, -0.1) is 0 Å². The van der Waals surface area contributed by atoms with E-state index in [1.54, 1.807) is 23.3 Å². The monoisotopic (exact) mass is 411 g/mol. The Morgan fingerprint density at radius 1 is 1.27 bits per heavy atom. The lowest BCUT2D eigenvalue weighted by molar-refractivity contribution is -0.123. The minimum Gasteiger partial charge on any atom is -0.353 e. The molecular weight excluding hydrogens is 382 g/mol. The molecule has 0 radical (unpaired) electrons. The number of nitrogens with zero attached hydrogens (tertiary/aromatic N) is 7. The van der Waals surface area contributed by atoms with Crippen molar-refractivity contribution in [1.82, 2.24) is 39.7 Å². The highest BCUT2D eigenvalue weighted by Gasteiger charge is 2.23. The van der Waals surface area contributed by atoms with E-state index in [1.165, 1.54) is 0 Å². The van der Waals surface area contributed by atoms with E-state index in [4.69, 9.17) is 0 Å². The summed E-state index contributed by atoms with van der Waals surface area (Å²) in [6.45, 7) is 7.05. The van der Waals surface area contributed by atoms with E-state index in [0.29, 0.717) is 18.4 Å². The van der Waals surface area contributed by atoms with Crippen LogP contribution in [-0.4, -0.2) is 66.0 Å². The van der Waals surface area contributed by atoms with Crippen molar-refractivity contribution in [2.24, 2.45) is 13.0 Å². The number of carbonyl (C=O) groups is 1. The lowest BCUT2D eigenvalue weighted by atomic mass is 9.98. The zero-order valence-electron chi connectivity index (χ0n) is 17.7. The number of rotatable bonds is 7. The van der Waals surface area contributed by atoms with Crippen LogP contribution in [0.25, 0.3) is 11.0 Å². The molecule has 1 aliphatic heterocycles. The maximum Gasteiger partial charge on any atom is 0.234 e. The third-order valence-corrected chi connectivity index (χ3v) is 5.19. The number of fused-ring (bicyclic) bond motifs is 1. The van der Waals surface area contributed by atoms with Gasteiger partial charge < -0.3 is 10.6 Å². The van der Waals surface area contributed by atoms with Gasteiger partial charge in [0.25, 0.3) is 0 Å². The van der Waals surface area contributed by atoms with Crippen LogP contribution in [-0.2, 0) is 18.4 Å². The van der Waals surface area contributed by atoms with Crippen LogP contribution in [0, 0.1) is 5.92 Å². The van der Waals surface area contributed by atoms with E-state index in [9.17, 15) is 4.79 Å². The SMILES string of the molecule is CC(C)NC(=O)CN1CCCC(Cn2ncc3cnc(Nc4cnn(C)c4)nc32)C1. The first-order valence-electron chi connectivity index (χ1n) is 10.4. The molecule has 2 N–H and O–H groups in total. The second kappa shape index (κ2) is 8.78. The largest absolute Gasteiger partial charge is 0.353 e. The van der Waals surface area contributed by atoms with Crippen LogP contribution in [0.3, 0.4) is 0 Å². The number of likely N-dealkylation sites (tertiary alicyclic amines) is 1. The second-order valence-corrected chi connectivity index (χ2v) is 8.29. The van der Waals surface area contributed by atoms with E-state index in [-0.39, 0.29) is 11.9 Å². The molecular formula is C20H29N9O. The van der Waals surface area contributed by atoms with Crippen LogP contribution in [0.5, 0.6) is 0 Å². The number of nitrogens with one attached hydrogen (secondary N) is 2. The Balaban J connectivity index is 1.42. The zero-order valence-corrected chi connectivity index (χ0v) is 17.7. The van der Waals surface area contributed by atoms with Crippen molar-refractivity contribution in [3.05, 3.63) is 24.8 Å². The van der Waals surface area contributed by atoms with Crippen molar-refractivity contribution in [2.45, 2.75) is 39.3 Å². The number of carbonyl (C=O) groups excluding carboxylic acids is 1. The summed E-state index contributed by atoms with van der Waals surface area (Å²) in [6.07, 6.45) is 9.40. The molecule has 1 amide bonds. The van der Waals surface area contributed by atoms with Crippen molar-refractivity contribution < 1.29 is 4.79 Å². The molecule has 0 spiro atoms. The molecule has 0 saturated carbocycles. The van der Waals surface area contributed by atoms with Gasteiger partial charge in [0.05, 0.1) is 30.0 Å². The highest BCUT2D eigenvalue weighted by molar-refractivity contribution is 5.78. The van der Waals surface area contributed by atoms with Crippen molar-refractivity contribution >= 4 is 28.6 Å². The van der Waals surface area contributed by atoms with Gasteiger partial charge in [0.2, 0.25) is 11.9 Å². The number of hydrogen-bond acceptors (Lipinski definition) is 7. The third-order valence-electron chi connectivity index (χ3n) is 5.19. The fourth-order valence-corrected chi connectivity index (χ4v) is 3.93. The molecule has 1 aliphatic rings. The van der Waals surface area contributed by atoms with Crippen LogP contribution >= 0.6 is 0 Å². The summed E-state index contributed by atoms with van der Waals surface area (Å²) >= 11 is 0. The number of anilines is 2. The first kappa shape index (κ1) is 20.3. The number of piperidine rings is 1. The van der Waals surface area contributed by atoms with E-state index in [2.05, 4.69) is 35.7 Å². The van der Waals surface area contributed by atoms with E-state index < -0.39 is 0 Å². The molecule has 0 aliphatic carbocycles. The minimum absolute atomic E-state index is 0.0917. The Morgan fingerprint density at radius 3 is 2.90 bits per heavy atom. The summed E-state index contributed by atoms with van der Waals surface area (Å²) in [7, 11) is 1.87. The van der Waals surface area contributed by atoms with Crippen molar-refractivity contribution in [2.75, 3.05) is 25.0 Å². The summed E-state index contributed by atoms with van der Waals surface area (Å²) in [6, 6.07) is 0.169. The molecule has 1 saturated heterocycles. The molecule has 1 fully saturated rings. The topological polar surface area (TPSA) is 106 Å². The molecule has 0 aromatic carbocycles. The fraction of sp³-hybridized carbons (Fsp3) is 0.550. The number of amides is 1. The van der Waals surface area contributed by atoms with Gasteiger partial charge in [-0.25, -0.2) is 9.67 Å². The standard InChI is InChI=1S/C20H29N9O/c1-14(2)24-18(30)13-28-6-4-5-15(10-28)11-29-19-16(8-23-29)7-21-20(26-19)25-17-9-22-27(3)12-17/h7-9,12,14-15H,4-6,10-11,13H2,1-3H3,(H,24,30)(H,21,25,26). The van der Waals surface area contributed by atoms with Gasteiger partial charge in [-0.3, -0.25) is 14.4 Å². The Labute approximate surface area is 175 Å². The fourth-order valence-electron chi connectivity index (χ4n) is 3.93. The molecule has 160 valence electrons. The summed E-state index contributed by atoms with van der Waals surface area (Å²) in [5.41, 5.74) is 1.65. The summed E-state index contributed by atoms with van der Waals surface area (Å²) in [5, 5.41) is 15.8. The third kappa shape index (κ3) is 4.93. The first-order chi connectivity index (χ1) is 14.5. The molecule has 4 rings (SSSR count). The summed E-state index contributed by atoms with van der Waals surface area (Å²) in [5.74, 6) is 1.04. The van der Waals surface area contributed by atoms with Crippen LogP contribution in [0.4, 0.5) is 11.6 Å². The maximum atomic E-state index is 12.1. The van der Waals surface area contributed by atoms with E-state index >= 15 is 0 Å². The molecule has 30 heavy (non-hydrogen) atoms. The van der Waals surface area contributed by atoms with E-state index in [0.717, 1.165) is 49.2 Å². The van der Waals surface area contributed by atoms with Gasteiger partial charge in [0, 0.05) is 38.6 Å². The minimum atomic E-state index is 0.0917. The normalized spacial score (nSPS) is 17.5. The Morgan fingerprint density at radius 2 is 2.13 bits per heavy atom. The van der Waals surface area contributed by atoms with Gasteiger partial charge in [-0.05, 0) is 39.2 Å². The van der Waals surface area contributed by atoms with Gasteiger partial charge in [-0.2, -0.15) is 15.2 Å². The van der Waals surface area contributed by atoms with Crippen molar-refractivity contribution in [1.29, 1.82) is 0 Å². The lowest BCUT2D eigenvalue weighted by Crippen LogP contribution is -2.44. The summed E-state index contributed by atoms with van der Waals surface area (Å²) in [4.78, 5) is 23.4. The van der Waals surface area contributed by atoms with Gasteiger partial charge in [-0.1, -0.05) is 0 Å². The molecule has 0 bridgehead atoms. The predicted molar refractivity (Wildman–Crippen MR) is 114 cm³/mol. The van der Waals surface area contributed by atoms with Crippen molar-refractivity contribution in [3.8, 4) is 0 Å². The highest BCUT2D eigenvalue weighted by atomic mass is 16.2. The zero-order chi connectivity index (χ0) is 21.1. The molecule has 1 unspecified atom stereocenters. The number of aryl methyl sites for hydroxylation is 1. The molecule has 1 atom stereocenters. The molecule has 4 heterocycles. The molecule has 10 heteroatoms. The predicted octanol–water partition coefficient (Wildman–Crippen LogP) is 1.54.